The second-order valence-electron chi connectivity index (χ2n) is 2.38. The van der Waals surface area contributed by atoms with Crippen LogP contribution in [0.15, 0.2) is 18.5 Å². The van der Waals surface area contributed by atoms with Crippen LogP contribution in [-0.2, 0) is 16.1 Å². The van der Waals surface area contributed by atoms with Gasteiger partial charge in [-0.15, -0.1) is 0 Å². The lowest BCUT2D eigenvalue weighted by Crippen LogP contribution is -2.09. The number of aromatic nitrogens is 1. The van der Waals surface area contributed by atoms with Gasteiger partial charge in [0.25, 0.3) is 5.69 Å². The van der Waals surface area contributed by atoms with Gasteiger partial charge >= 0.3 is 5.97 Å². The number of esters is 1. The average Bonchev–Trinajstić information content (AvgIpc) is 2.52. The molecule has 0 aliphatic rings. The maximum Gasteiger partial charge on any atom is 0.325 e. The summed E-state index contributed by atoms with van der Waals surface area (Å²) in [6.45, 7) is -0.00958. The van der Waals surface area contributed by atoms with Crippen LogP contribution in [-0.4, -0.2) is 22.6 Å². The zero-order chi connectivity index (χ0) is 9.84. The van der Waals surface area contributed by atoms with Crippen molar-refractivity contribution in [2.75, 3.05) is 7.11 Å². The zero-order valence-corrected chi connectivity index (χ0v) is 6.97. The first-order valence-electron chi connectivity index (χ1n) is 3.50. The highest BCUT2D eigenvalue weighted by Gasteiger charge is 2.08. The quantitative estimate of drug-likeness (QED) is 0.391. The van der Waals surface area contributed by atoms with Crippen molar-refractivity contribution in [3.63, 3.8) is 0 Å². The third kappa shape index (κ3) is 2.29. The Bertz CT molecular complexity index is 331. The number of carbonyl (C=O) groups excluding carboxylic acids is 1. The molecule has 0 aliphatic heterocycles. The molecule has 1 heterocycles. The van der Waals surface area contributed by atoms with Crippen LogP contribution >= 0.6 is 0 Å². The average molecular weight is 184 g/mol. The summed E-state index contributed by atoms with van der Waals surface area (Å²) < 4.78 is 5.79. The highest BCUT2D eigenvalue weighted by molar-refractivity contribution is 5.69. The maximum absolute atomic E-state index is 10.7. The number of methoxy groups -OCH3 is 1. The van der Waals surface area contributed by atoms with E-state index in [4.69, 9.17) is 0 Å². The van der Waals surface area contributed by atoms with Crippen LogP contribution < -0.4 is 0 Å². The predicted octanol–water partition coefficient (Wildman–Crippen LogP) is 0.569. The number of ether oxygens (including phenoxy) is 1. The molecule has 1 aromatic heterocycles. The number of nitrogens with zero attached hydrogens (tertiary/aromatic N) is 2. The lowest BCUT2D eigenvalue weighted by Gasteiger charge is -1.98. The van der Waals surface area contributed by atoms with Crippen molar-refractivity contribution in [3.05, 3.63) is 28.6 Å². The smallest absolute Gasteiger partial charge is 0.325 e. The van der Waals surface area contributed by atoms with E-state index in [1.165, 1.54) is 30.1 Å². The molecule has 6 heteroatoms. The van der Waals surface area contributed by atoms with Gasteiger partial charge in [0, 0.05) is 12.3 Å². The molecule has 0 amide bonds. The first-order valence-corrected chi connectivity index (χ1v) is 3.50. The lowest BCUT2D eigenvalue weighted by molar-refractivity contribution is -0.384. The van der Waals surface area contributed by atoms with E-state index in [2.05, 4.69) is 4.74 Å². The van der Waals surface area contributed by atoms with E-state index in [1.54, 1.807) is 0 Å². The van der Waals surface area contributed by atoms with Crippen molar-refractivity contribution in [1.29, 1.82) is 0 Å². The third-order valence-electron chi connectivity index (χ3n) is 1.49. The van der Waals surface area contributed by atoms with E-state index in [0.717, 1.165) is 0 Å². The lowest BCUT2D eigenvalue weighted by atomic mass is 10.6. The summed E-state index contributed by atoms with van der Waals surface area (Å²) in [6.07, 6.45) is 2.73. The molecule has 13 heavy (non-hydrogen) atoms. The van der Waals surface area contributed by atoms with Crippen LogP contribution in [0.25, 0.3) is 0 Å². The molecule has 0 atom stereocenters. The van der Waals surface area contributed by atoms with Crippen molar-refractivity contribution in [2.45, 2.75) is 6.54 Å². The van der Waals surface area contributed by atoms with Gasteiger partial charge in [-0.25, -0.2) is 0 Å². The summed E-state index contributed by atoms with van der Waals surface area (Å²) in [4.78, 5) is 20.5. The van der Waals surface area contributed by atoms with Crippen LogP contribution in [0, 0.1) is 10.1 Å². The number of carbonyl (C=O) groups is 1. The Morgan fingerprint density at radius 3 is 2.92 bits per heavy atom. The van der Waals surface area contributed by atoms with E-state index in [1.807, 2.05) is 0 Å². The van der Waals surface area contributed by atoms with Crippen molar-refractivity contribution in [1.82, 2.24) is 4.57 Å². The molecule has 0 unspecified atom stereocenters. The van der Waals surface area contributed by atoms with Crippen molar-refractivity contribution < 1.29 is 14.5 Å². The minimum Gasteiger partial charge on any atom is -0.468 e. The molecule has 0 saturated heterocycles. The molecule has 6 nitrogen and oxygen atoms in total. The molecule has 0 N–H and O–H groups in total. The molecule has 0 fully saturated rings. The number of hydrogen-bond acceptors (Lipinski definition) is 4. The van der Waals surface area contributed by atoms with Gasteiger partial charge in [-0.3, -0.25) is 14.9 Å². The van der Waals surface area contributed by atoms with Crippen LogP contribution in [0.1, 0.15) is 0 Å². The van der Waals surface area contributed by atoms with Gasteiger partial charge in [-0.05, 0) is 0 Å². The molecule has 1 aromatic rings. The molecular formula is C7H8N2O4. The topological polar surface area (TPSA) is 74.4 Å². The minimum atomic E-state index is -0.520. The first-order chi connectivity index (χ1) is 6.13. The molecule has 0 aromatic carbocycles. The van der Waals surface area contributed by atoms with E-state index in [-0.39, 0.29) is 12.2 Å². The molecule has 0 aliphatic carbocycles. The normalized spacial score (nSPS) is 9.62. The largest absolute Gasteiger partial charge is 0.468 e. The molecule has 70 valence electrons. The van der Waals surface area contributed by atoms with Crippen LogP contribution in [0.3, 0.4) is 0 Å². The number of nitro groups is 1. The molecule has 0 spiro atoms. The third-order valence-corrected chi connectivity index (χ3v) is 1.49. The van der Waals surface area contributed by atoms with E-state index in [0.29, 0.717) is 0 Å². The van der Waals surface area contributed by atoms with Gasteiger partial charge in [0.15, 0.2) is 0 Å². The Kier molecular flexibility index (Phi) is 2.63. The second kappa shape index (κ2) is 3.70. The Morgan fingerprint density at radius 1 is 1.77 bits per heavy atom. The van der Waals surface area contributed by atoms with Crippen LogP contribution in [0.4, 0.5) is 5.69 Å². The van der Waals surface area contributed by atoms with Crippen molar-refractivity contribution in [2.24, 2.45) is 0 Å². The minimum absolute atomic E-state index is 0.00958. The fourth-order valence-corrected chi connectivity index (χ4v) is 0.848. The van der Waals surface area contributed by atoms with Gasteiger partial charge in [0.2, 0.25) is 0 Å². The summed E-state index contributed by atoms with van der Waals surface area (Å²) in [7, 11) is 1.26. The number of hydrogen-bond donors (Lipinski definition) is 0. The summed E-state index contributed by atoms with van der Waals surface area (Å²) >= 11 is 0. The van der Waals surface area contributed by atoms with Gasteiger partial charge in [0.05, 0.1) is 18.2 Å². The van der Waals surface area contributed by atoms with E-state index < -0.39 is 10.9 Å². The highest BCUT2D eigenvalue weighted by atomic mass is 16.6. The highest BCUT2D eigenvalue weighted by Crippen LogP contribution is 2.10. The fourth-order valence-electron chi connectivity index (χ4n) is 0.848. The summed E-state index contributed by atoms with van der Waals surface area (Å²) in [5.41, 5.74) is -0.0381. The van der Waals surface area contributed by atoms with Crippen LogP contribution in [0.2, 0.25) is 0 Å². The van der Waals surface area contributed by atoms with Crippen molar-refractivity contribution >= 4 is 11.7 Å². The predicted molar refractivity (Wildman–Crippen MR) is 43.1 cm³/mol. The summed E-state index contributed by atoms with van der Waals surface area (Å²) in [6, 6.07) is 1.32. The van der Waals surface area contributed by atoms with Gasteiger partial charge in [-0.2, -0.15) is 0 Å². The van der Waals surface area contributed by atoms with Gasteiger partial charge < -0.3 is 9.30 Å². The Hall–Kier alpha value is -1.85. The molecule has 1 rings (SSSR count). The molecular weight excluding hydrogens is 176 g/mol. The van der Waals surface area contributed by atoms with Gasteiger partial charge in [0.1, 0.15) is 6.54 Å². The standard InChI is InChI=1S/C7H8N2O4/c1-13-7(10)5-8-3-2-6(4-8)9(11)12/h2-4H,5H2,1H3. The summed E-state index contributed by atoms with van der Waals surface area (Å²) in [5.74, 6) is -0.439. The SMILES string of the molecule is COC(=O)Cn1ccc([N+](=O)[O-])c1. The van der Waals surface area contributed by atoms with Crippen LogP contribution in [0.5, 0.6) is 0 Å². The Balaban J connectivity index is 2.69. The Morgan fingerprint density at radius 2 is 2.46 bits per heavy atom. The Labute approximate surface area is 73.9 Å². The van der Waals surface area contributed by atoms with Crippen molar-refractivity contribution in [3.8, 4) is 0 Å². The second-order valence-corrected chi connectivity index (χ2v) is 2.38. The van der Waals surface area contributed by atoms with E-state index in [9.17, 15) is 14.9 Å². The zero-order valence-electron chi connectivity index (χ0n) is 6.97. The molecule has 0 radical (unpaired) electrons. The molecule has 0 saturated carbocycles. The fraction of sp³-hybridized carbons (Fsp3) is 0.286. The summed E-state index contributed by atoms with van der Waals surface area (Å²) in [5, 5.41) is 10.2. The van der Waals surface area contributed by atoms with E-state index >= 15 is 0 Å². The molecule has 0 bridgehead atoms. The first kappa shape index (κ1) is 9.24. The van der Waals surface area contributed by atoms with Gasteiger partial charge in [-0.1, -0.05) is 0 Å². The number of rotatable bonds is 3. The maximum atomic E-state index is 10.7. The monoisotopic (exact) mass is 184 g/mol.